The second-order valence-corrected chi connectivity index (χ2v) is 11.0. The van der Waals surface area contributed by atoms with Crippen molar-refractivity contribution in [2.75, 3.05) is 38.8 Å². The van der Waals surface area contributed by atoms with E-state index >= 15 is 4.39 Å². The number of amides is 2. The molecule has 39 heavy (non-hydrogen) atoms. The van der Waals surface area contributed by atoms with Gasteiger partial charge in [-0.05, 0) is 63.4 Å². The van der Waals surface area contributed by atoms with Crippen LogP contribution in [0.1, 0.15) is 44.7 Å². The average Bonchev–Trinajstić information content (AvgIpc) is 2.89. The minimum absolute atomic E-state index is 0.127. The summed E-state index contributed by atoms with van der Waals surface area (Å²) in [6.07, 6.45) is -0.460. The SMILES string of the molecule is COc1ccc(CN2C(=O)CCc3c(OC[C@@]4(O)CCN(C(=O)OC(C)(C)C)C[C@@H]4OC)ccc(F)c32)cc1. The van der Waals surface area contributed by atoms with Gasteiger partial charge in [-0.25, -0.2) is 9.18 Å². The van der Waals surface area contributed by atoms with Crippen LogP contribution in [0.2, 0.25) is 0 Å². The number of hydrogen-bond donors (Lipinski definition) is 1. The Kier molecular flexibility index (Phi) is 8.37. The van der Waals surface area contributed by atoms with Crippen molar-refractivity contribution in [3.05, 3.63) is 53.3 Å². The topological polar surface area (TPSA) is 97.8 Å². The third-order valence-corrected chi connectivity index (χ3v) is 7.06. The summed E-state index contributed by atoms with van der Waals surface area (Å²) in [6.45, 7) is 5.85. The van der Waals surface area contributed by atoms with Gasteiger partial charge in [0.1, 0.15) is 41.2 Å². The van der Waals surface area contributed by atoms with Crippen LogP contribution in [0.3, 0.4) is 0 Å². The molecule has 1 fully saturated rings. The van der Waals surface area contributed by atoms with Crippen LogP contribution in [0, 0.1) is 5.82 Å². The molecule has 1 N–H and O–H groups in total. The fraction of sp³-hybridized carbons (Fsp3) is 0.517. The van der Waals surface area contributed by atoms with E-state index in [1.54, 1.807) is 40.0 Å². The summed E-state index contributed by atoms with van der Waals surface area (Å²) in [4.78, 5) is 28.3. The number of aliphatic hydroxyl groups is 1. The lowest BCUT2D eigenvalue weighted by Gasteiger charge is -2.43. The molecule has 0 saturated carbocycles. The molecule has 2 aromatic rings. The van der Waals surface area contributed by atoms with Crippen LogP contribution in [0.25, 0.3) is 0 Å². The summed E-state index contributed by atoms with van der Waals surface area (Å²) < 4.78 is 37.4. The first kappa shape index (κ1) is 28.6. The Bertz CT molecular complexity index is 1200. The summed E-state index contributed by atoms with van der Waals surface area (Å²) in [6, 6.07) is 10.1. The number of benzene rings is 2. The number of hydrogen-bond acceptors (Lipinski definition) is 7. The van der Waals surface area contributed by atoms with E-state index in [0.717, 1.165) is 5.56 Å². The van der Waals surface area contributed by atoms with E-state index in [-0.39, 0.29) is 50.7 Å². The summed E-state index contributed by atoms with van der Waals surface area (Å²) in [5, 5.41) is 11.4. The van der Waals surface area contributed by atoms with Crippen LogP contribution in [0.4, 0.5) is 14.9 Å². The second-order valence-electron chi connectivity index (χ2n) is 11.0. The van der Waals surface area contributed by atoms with E-state index in [2.05, 4.69) is 0 Å². The molecule has 2 atom stereocenters. The van der Waals surface area contributed by atoms with Gasteiger partial charge in [-0.2, -0.15) is 0 Å². The third-order valence-electron chi connectivity index (χ3n) is 7.06. The lowest BCUT2D eigenvalue weighted by atomic mass is 9.89. The number of fused-ring (bicyclic) bond motifs is 1. The number of rotatable bonds is 7. The Morgan fingerprint density at radius 3 is 2.49 bits per heavy atom. The molecule has 0 unspecified atom stereocenters. The molecule has 9 nitrogen and oxygen atoms in total. The Morgan fingerprint density at radius 1 is 1.13 bits per heavy atom. The van der Waals surface area contributed by atoms with Crippen LogP contribution in [0.5, 0.6) is 11.5 Å². The monoisotopic (exact) mass is 544 g/mol. The smallest absolute Gasteiger partial charge is 0.410 e. The highest BCUT2D eigenvalue weighted by molar-refractivity contribution is 5.97. The van der Waals surface area contributed by atoms with Crippen molar-refractivity contribution < 1.29 is 38.0 Å². The maximum absolute atomic E-state index is 15.1. The van der Waals surface area contributed by atoms with E-state index in [1.807, 2.05) is 12.1 Å². The summed E-state index contributed by atoms with van der Waals surface area (Å²) in [5.74, 6) is 0.395. The first-order valence-corrected chi connectivity index (χ1v) is 13.0. The second kappa shape index (κ2) is 11.4. The van der Waals surface area contributed by atoms with E-state index in [9.17, 15) is 14.7 Å². The summed E-state index contributed by atoms with van der Waals surface area (Å²) >= 11 is 0. The first-order chi connectivity index (χ1) is 18.4. The van der Waals surface area contributed by atoms with Crippen LogP contribution in [0.15, 0.2) is 36.4 Å². The number of nitrogens with zero attached hydrogens (tertiary/aromatic N) is 2. The molecule has 4 rings (SSSR count). The molecule has 212 valence electrons. The van der Waals surface area contributed by atoms with Crippen molar-refractivity contribution in [3.8, 4) is 11.5 Å². The molecule has 2 aromatic carbocycles. The van der Waals surface area contributed by atoms with Gasteiger partial charge < -0.3 is 33.9 Å². The molecule has 2 heterocycles. The Labute approximate surface area is 228 Å². The predicted molar refractivity (Wildman–Crippen MR) is 143 cm³/mol. The molecule has 2 aliphatic heterocycles. The number of piperidine rings is 1. The minimum Gasteiger partial charge on any atom is -0.497 e. The zero-order valence-corrected chi connectivity index (χ0v) is 23.2. The molecule has 0 radical (unpaired) electrons. The van der Waals surface area contributed by atoms with Gasteiger partial charge in [0.25, 0.3) is 0 Å². The number of methoxy groups -OCH3 is 2. The van der Waals surface area contributed by atoms with Gasteiger partial charge in [0.2, 0.25) is 5.91 Å². The average molecular weight is 545 g/mol. The lowest BCUT2D eigenvalue weighted by Crippen LogP contribution is -2.60. The largest absolute Gasteiger partial charge is 0.497 e. The fourth-order valence-corrected chi connectivity index (χ4v) is 4.94. The van der Waals surface area contributed by atoms with Crippen LogP contribution >= 0.6 is 0 Å². The molecule has 0 bridgehead atoms. The third kappa shape index (κ3) is 6.45. The van der Waals surface area contributed by atoms with Crippen molar-refractivity contribution in [2.45, 2.75) is 63.9 Å². The van der Waals surface area contributed by atoms with Gasteiger partial charge in [-0.15, -0.1) is 0 Å². The molecule has 0 spiro atoms. The Hall–Kier alpha value is -3.37. The molecule has 2 amide bonds. The number of likely N-dealkylation sites (tertiary alicyclic amines) is 1. The zero-order chi connectivity index (χ0) is 28.4. The Morgan fingerprint density at radius 2 is 1.85 bits per heavy atom. The highest BCUT2D eigenvalue weighted by Gasteiger charge is 2.45. The van der Waals surface area contributed by atoms with Crippen molar-refractivity contribution >= 4 is 17.7 Å². The highest BCUT2D eigenvalue weighted by atomic mass is 19.1. The molecule has 0 aromatic heterocycles. The standard InChI is InChI=1S/C29H37FN2O7/c1-28(2,3)39-27(34)31-15-14-29(35,24(17-31)37-5)18-38-23-12-11-22(30)26-21(23)10-13-25(33)32(26)16-19-6-8-20(36-4)9-7-19/h6-9,11-12,24,35H,10,13-18H2,1-5H3/t24-,29-/m0/s1. The van der Waals surface area contributed by atoms with E-state index < -0.39 is 29.2 Å². The molecular weight excluding hydrogens is 507 g/mol. The van der Waals surface area contributed by atoms with E-state index in [4.69, 9.17) is 18.9 Å². The van der Waals surface area contributed by atoms with E-state index in [1.165, 1.54) is 29.0 Å². The number of anilines is 1. The van der Waals surface area contributed by atoms with Crippen molar-refractivity contribution in [2.24, 2.45) is 0 Å². The van der Waals surface area contributed by atoms with Gasteiger partial charge >= 0.3 is 6.09 Å². The maximum Gasteiger partial charge on any atom is 0.410 e. The maximum atomic E-state index is 15.1. The zero-order valence-electron chi connectivity index (χ0n) is 23.2. The lowest BCUT2D eigenvalue weighted by molar-refractivity contribution is -0.147. The molecular formula is C29H37FN2O7. The fourth-order valence-electron chi connectivity index (χ4n) is 4.94. The van der Waals surface area contributed by atoms with Crippen molar-refractivity contribution in [1.29, 1.82) is 0 Å². The number of halogens is 1. The molecule has 10 heteroatoms. The Balaban J connectivity index is 1.50. The van der Waals surface area contributed by atoms with Crippen molar-refractivity contribution in [1.82, 2.24) is 4.90 Å². The van der Waals surface area contributed by atoms with Gasteiger partial charge in [0.15, 0.2) is 0 Å². The van der Waals surface area contributed by atoms with E-state index in [0.29, 0.717) is 23.5 Å². The van der Waals surface area contributed by atoms with Crippen LogP contribution in [-0.2, 0) is 27.2 Å². The molecule has 0 aliphatic carbocycles. The number of ether oxygens (including phenoxy) is 4. The first-order valence-electron chi connectivity index (χ1n) is 13.0. The molecule has 1 saturated heterocycles. The van der Waals surface area contributed by atoms with Crippen LogP contribution < -0.4 is 14.4 Å². The summed E-state index contributed by atoms with van der Waals surface area (Å²) in [7, 11) is 3.04. The highest BCUT2D eigenvalue weighted by Crippen LogP contribution is 2.39. The molecule has 2 aliphatic rings. The van der Waals surface area contributed by atoms with Crippen LogP contribution in [-0.4, -0.2) is 73.2 Å². The minimum atomic E-state index is -1.39. The quantitative estimate of drug-likeness (QED) is 0.561. The van der Waals surface area contributed by atoms with Gasteiger partial charge in [-0.3, -0.25) is 4.79 Å². The van der Waals surface area contributed by atoms with Crippen molar-refractivity contribution in [3.63, 3.8) is 0 Å². The number of carbonyl (C=O) groups excluding carboxylic acids is 2. The van der Waals surface area contributed by atoms with Gasteiger partial charge in [0, 0.05) is 25.6 Å². The predicted octanol–water partition coefficient (Wildman–Crippen LogP) is 4.08. The summed E-state index contributed by atoms with van der Waals surface area (Å²) in [5.41, 5.74) is -0.430. The van der Waals surface area contributed by atoms with Gasteiger partial charge in [-0.1, -0.05) is 12.1 Å². The number of carbonyl (C=O) groups is 2. The van der Waals surface area contributed by atoms with Gasteiger partial charge in [0.05, 0.1) is 25.9 Å². The normalized spacial score (nSPS) is 21.4.